The molecule has 12 heavy (non-hydrogen) atoms. The number of benzene rings is 1. The van der Waals surface area contributed by atoms with Gasteiger partial charge in [0.1, 0.15) is 6.29 Å². The van der Waals surface area contributed by atoms with Gasteiger partial charge in [-0.1, -0.05) is 33.6 Å². The maximum Gasteiger partial charge on any atom is 0.142 e. The number of carbonyl (C=O) groups is 1. The molecule has 0 spiro atoms. The van der Waals surface area contributed by atoms with Gasteiger partial charge in [0.2, 0.25) is 0 Å². The Labute approximate surface area is 84.2 Å². The summed E-state index contributed by atoms with van der Waals surface area (Å²) in [5.41, 5.74) is 0.898. The molecule has 0 radical (unpaired) electrons. The average molecular weight is 246 g/mol. The lowest BCUT2D eigenvalue weighted by Crippen LogP contribution is -1.75. The third-order valence-electron chi connectivity index (χ3n) is 1.31. The zero-order valence-corrected chi connectivity index (χ0v) is 8.47. The van der Waals surface area contributed by atoms with Crippen LogP contribution < -0.4 is 0 Å². The first kappa shape index (κ1) is 9.49. The average Bonchev–Trinajstić information content (AvgIpc) is 2.07. The fourth-order valence-corrected chi connectivity index (χ4v) is 1.34. The minimum absolute atomic E-state index is 0.656. The molecule has 1 aromatic rings. The van der Waals surface area contributed by atoms with Gasteiger partial charge in [0.25, 0.3) is 0 Å². The van der Waals surface area contributed by atoms with Crippen LogP contribution in [0, 0.1) is 0 Å². The Bertz CT molecular complexity index is 320. The first-order valence-corrected chi connectivity index (χ1v) is 4.48. The Kier molecular flexibility index (Phi) is 3.50. The minimum Gasteiger partial charge on any atom is -0.299 e. The summed E-state index contributed by atoms with van der Waals surface area (Å²) in [5, 5.41) is 0.656. The molecule has 0 saturated carbocycles. The zero-order chi connectivity index (χ0) is 8.97. The van der Waals surface area contributed by atoms with Gasteiger partial charge in [0, 0.05) is 9.50 Å². The van der Waals surface area contributed by atoms with Crippen LogP contribution in [0.3, 0.4) is 0 Å². The maximum atomic E-state index is 10.0. The van der Waals surface area contributed by atoms with E-state index in [0.29, 0.717) is 5.02 Å². The highest BCUT2D eigenvalue weighted by molar-refractivity contribution is 9.10. The Morgan fingerprint density at radius 2 is 2.17 bits per heavy atom. The predicted octanol–water partition coefficient (Wildman–Crippen LogP) is 3.31. The van der Waals surface area contributed by atoms with Crippen LogP contribution in [-0.2, 0) is 4.79 Å². The van der Waals surface area contributed by atoms with Crippen molar-refractivity contribution in [3.05, 3.63) is 39.3 Å². The fraction of sp³-hybridized carbons (Fsp3) is 0. The first-order chi connectivity index (χ1) is 5.74. The summed E-state index contributed by atoms with van der Waals surface area (Å²) in [6.07, 6.45) is 3.85. The molecule has 1 nitrogen and oxygen atoms in total. The number of aldehydes is 1. The Hall–Kier alpha value is -0.600. The van der Waals surface area contributed by atoms with Crippen LogP contribution in [0.4, 0.5) is 0 Å². The molecule has 0 aliphatic rings. The summed E-state index contributed by atoms with van der Waals surface area (Å²) in [6, 6.07) is 5.41. The van der Waals surface area contributed by atoms with Crippen molar-refractivity contribution in [1.29, 1.82) is 0 Å². The second-order valence-corrected chi connectivity index (χ2v) is 3.45. The number of allylic oxidation sites excluding steroid dienone is 1. The van der Waals surface area contributed by atoms with E-state index in [-0.39, 0.29) is 0 Å². The van der Waals surface area contributed by atoms with Gasteiger partial charge < -0.3 is 0 Å². The van der Waals surface area contributed by atoms with Gasteiger partial charge >= 0.3 is 0 Å². The molecule has 1 rings (SSSR count). The van der Waals surface area contributed by atoms with Crippen molar-refractivity contribution in [2.75, 3.05) is 0 Å². The van der Waals surface area contributed by atoms with E-state index >= 15 is 0 Å². The second kappa shape index (κ2) is 4.43. The van der Waals surface area contributed by atoms with Crippen LogP contribution in [0.25, 0.3) is 6.08 Å². The summed E-state index contributed by atoms with van der Waals surface area (Å²) in [6.45, 7) is 0. The van der Waals surface area contributed by atoms with Gasteiger partial charge in [0.15, 0.2) is 0 Å². The highest BCUT2D eigenvalue weighted by atomic mass is 79.9. The fourth-order valence-electron chi connectivity index (χ4n) is 0.785. The number of halogens is 2. The summed E-state index contributed by atoms with van der Waals surface area (Å²) in [7, 11) is 0. The number of carbonyl (C=O) groups excluding carboxylic acids is 1. The van der Waals surface area contributed by atoms with Gasteiger partial charge in [-0.15, -0.1) is 0 Å². The third-order valence-corrected chi connectivity index (χ3v) is 2.27. The van der Waals surface area contributed by atoms with Crippen molar-refractivity contribution >= 4 is 39.9 Å². The lowest BCUT2D eigenvalue weighted by Gasteiger charge is -1.97. The van der Waals surface area contributed by atoms with Crippen LogP contribution in [-0.4, -0.2) is 6.29 Å². The maximum absolute atomic E-state index is 10.0. The van der Waals surface area contributed by atoms with E-state index in [4.69, 9.17) is 11.6 Å². The summed E-state index contributed by atoms with van der Waals surface area (Å²) >= 11 is 9.09. The molecule has 0 heterocycles. The van der Waals surface area contributed by atoms with Gasteiger partial charge in [-0.05, 0) is 29.8 Å². The van der Waals surface area contributed by atoms with Crippen molar-refractivity contribution in [1.82, 2.24) is 0 Å². The SMILES string of the molecule is O=C/C=C/c1cc(Cl)ccc1Br. The summed E-state index contributed by atoms with van der Waals surface area (Å²) in [5.74, 6) is 0. The molecule has 0 aliphatic carbocycles. The predicted molar refractivity (Wildman–Crippen MR) is 54.3 cm³/mol. The normalized spacial score (nSPS) is 10.5. The van der Waals surface area contributed by atoms with Crippen molar-refractivity contribution in [2.45, 2.75) is 0 Å². The van der Waals surface area contributed by atoms with E-state index in [0.717, 1.165) is 16.3 Å². The molecule has 0 atom stereocenters. The number of rotatable bonds is 2. The summed E-state index contributed by atoms with van der Waals surface area (Å²) in [4.78, 5) is 10.0. The molecular weight excluding hydrogens is 239 g/mol. The van der Waals surface area contributed by atoms with E-state index < -0.39 is 0 Å². The molecule has 0 aliphatic heterocycles. The quantitative estimate of drug-likeness (QED) is 0.577. The third kappa shape index (κ3) is 2.47. The van der Waals surface area contributed by atoms with Crippen molar-refractivity contribution in [3.63, 3.8) is 0 Å². The van der Waals surface area contributed by atoms with Crippen LogP contribution in [0.15, 0.2) is 28.7 Å². The van der Waals surface area contributed by atoms with E-state index in [1.165, 1.54) is 6.08 Å². The standard InChI is InChI=1S/C9H6BrClO/c10-9-4-3-8(11)6-7(9)2-1-5-12/h1-6H/b2-1+. The van der Waals surface area contributed by atoms with Gasteiger partial charge in [-0.2, -0.15) is 0 Å². The van der Waals surface area contributed by atoms with Gasteiger partial charge in [-0.3, -0.25) is 4.79 Å². The molecule has 0 amide bonds. The lowest BCUT2D eigenvalue weighted by molar-refractivity contribution is -0.104. The topological polar surface area (TPSA) is 17.1 Å². The molecule has 0 unspecified atom stereocenters. The molecule has 62 valence electrons. The van der Waals surface area contributed by atoms with Gasteiger partial charge in [0.05, 0.1) is 0 Å². The molecule has 3 heteroatoms. The zero-order valence-electron chi connectivity index (χ0n) is 6.13. The molecule has 0 bridgehead atoms. The number of hydrogen-bond donors (Lipinski definition) is 0. The van der Waals surface area contributed by atoms with Crippen LogP contribution in [0.5, 0.6) is 0 Å². The number of hydrogen-bond acceptors (Lipinski definition) is 1. The largest absolute Gasteiger partial charge is 0.299 e. The van der Waals surface area contributed by atoms with E-state index in [9.17, 15) is 4.79 Å². The molecule has 1 aromatic carbocycles. The summed E-state index contributed by atoms with van der Waals surface area (Å²) < 4.78 is 0.921. The van der Waals surface area contributed by atoms with Crippen LogP contribution in [0.2, 0.25) is 5.02 Å². The van der Waals surface area contributed by atoms with E-state index in [1.807, 2.05) is 6.07 Å². The van der Waals surface area contributed by atoms with Crippen molar-refractivity contribution in [3.8, 4) is 0 Å². The molecule has 0 N–H and O–H groups in total. The highest BCUT2D eigenvalue weighted by Gasteiger charge is 1.95. The lowest BCUT2D eigenvalue weighted by atomic mass is 10.2. The molecule has 0 aromatic heterocycles. The second-order valence-electron chi connectivity index (χ2n) is 2.16. The molecule has 0 saturated heterocycles. The van der Waals surface area contributed by atoms with Crippen LogP contribution in [0.1, 0.15) is 5.56 Å². The minimum atomic E-state index is 0.656. The molecule has 0 fully saturated rings. The van der Waals surface area contributed by atoms with Crippen molar-refractivity contribution < 1.29 is 4.79 Å². The van der Waals surface area contributed by atoms with E-state index in [2.05, 4.69) is 15.9 Å². The first-order valence-electron chi connectivity index (χ1n) is 3.31. The molecular formula is C9H6BrClO. The Balaban J connectivity index is 3.04. The Morgan fingerprint density at radius 1 is 1.42 bits per heavy atom. The Morgan fingerprint density at radius 3 is 2.83 bits per heavy atom. The monoisotopic (exact) mass is 244 g/mol. The smallest absolute Gasteiger partial charge is 0.142 e. The van der Waals surface area contributed by atoms with Gasteiger partial charge in [-0.25, -0.2) is 0 Å². The van der Waals surface area contributed by atoms with Crippen molar-refractivity contribution in [2.24, 2.45) is 0 Å². The van der Waals surface area contributed by atoms with E-state index in [1.54, 1.807) is 18.2 Å². The highest BCUT2D eigenvalue weighted by Crippen LogP contribution is 2.21. The van der Waals surface area contributed by atoms with Crippen LogP contribution >= 0.6 is 27.5 Å².